The molecule has 0 atom stereocenters. The number of nitrogens with zero attached hydrogens (tertiary/aromatic N) is 3. The second kappa shape index (κ2) is 8.69. The van der Waals surface area contributed by atoms with Crippen LogP contribution in [0.25, 0.3) is 0 Å². The number of carbonyl (C=O) groups is 2. The Bertz CT molecular complexity index is 644. The van der Waals surface area contributed by atoms with E-state index in [4.69, 9.17) is 4.74 Å². The molecule has 1 N–H and O–H groups in total. The lowest BCUT2D eigenvalue weighted by Gasteiger charge is -2.35. The Morgan fingerprint density at radius 1 is 1.08 bits per heavy atom. The summed E-state index contributed by atoms with van der Waals surface area (Å²) in [5, 5.41) is 4.25. The van der Waals surface area contributed by atoms with E-state index in [0.717, 1.165) is 5.69 Å². The van der Waals surface area contributed by atoms with Crippen LogP contribution in [-0.2, 0) is 9.53 Å². The molecule has 1 aliphatic rings. The topological polar surface area (TPSA) is 74.2 Å². The summed E-state index contributed by atoms with van der Waals surface area (Å²) in [5.41, 5.74) is 4.03. The minimum Gasteiger partial charge on any atom is -0.444 e. The summed E-state index contributed by atoms with van der Waals surface area (Å²) in [6, 6.07) is 9.59. The molecule has 0 spiro atoms. The van der Waals surface area contributed by atoms with Gasteiger partial charge in [-0.2, -0.15) is 5.10 Å². The molecular weight excluding hydrogens is 332 g/mol. The molecule has 142 valence electrons. The van der Waals surface area contributed by atoms with Gasteiger partial charge in [-0.15, -0.1) is 0 Å². The predicted molar refractivity (Wildman–Crippen MR) is 102 cm³/mol. The van der Waals surface area contributed by atoms with Gasteiger partial charge in [-0.3, -0.25) is 10.2 Å². The Kier molecular flexibility index (Phi) is 6.60. The van der Waals surface area contributed by atoms with Crippen LogP contribution in [0.4, 0.5) is 10.5 Å². The number of hydrazone groups is 1. The molecule has 2 rings (SSSR count). The number of anilines is 1. The first-order chi connectivity index (χ1) is 12.2. The SMILES string of the molecule is CC(CC(=O)N1CCN(C(=O)OC(C)(C)C)CC1)=NNc1ccccc1. The van der Waals surface area contributed by atoms with Crippen LogP contribution in [0.15, 0.2) is 35.4 Å². The van der Waals surface area contributed by atoms with Gasteiger partial charge < -0.3 is 14.5 Å². The molecule has 1 aliphatic heterocycles. The minimum atomic E-state index is -0.511. The van der Waals surface area contributed by atoms with Crippen LogP contribution in [0.2, 0.25) is 0 Å². The molecule has 0 aromatic heterocycles. The van der Waals surface area contributed by atoms with E-state index in [2.05, 4.69) is 10.5 Å². The highest BCUT2D eigenvalue weighted by Gasteiger charge is 2.27. The van der Waals surface area contributed by atoms with E-state index in [1.54, 1.807) is 9.80 Å². The van der Waals surface area contributed by atoms with Gasteiger partial charge >= 0.3 is 6.09 Å². The monoisotopic (exact) mass is 360 g/mol. The zero-order chi connectivity index (χ0) is 19.2. The maximum absolute atomic E-state index is 12.4. The maximum Gasteiger partial charge on any atom is 0.410 e. The van der Waals surface area contributed by atoms with Crippen molar-refractivity contribution in [3.63, 3.8) is 0 Å². The third-order valence-corrected chi connectivity index (χ3v) is 3.84. The molecule has 26 heavy (non-hydrogen) atoms. The second-order valence-electron chi connectivity index (χ2n) is 7.35. The molecule has 0 radical (unpaired) electrons. The maximum atomic E-state index is 12.4. The number of piperazine rings is 1. The number of rotatable bonds is 4. The second-order valence-corrected chi connectivity index (χ2v) is 7.35. The zero-order valence-corrected chi connectivity index (χ0v) is 16.0. The number of amides is 2. The molecule has 1 fully saturated rings. The normalized spacial score (nSPS) is 15.6. The Balaban J connectivity index is 1.78. The van der Waals surface area contributed by atoms with E-state index in [-0.39, 0.29) is 18.4 Å². The Labute approximate surface area is 155 Å². The van der Waals surface area contributed by atoms with Crippen molar-refractivity contribution in [2.45, 2.75) is 39.7 Å². The van der Waals surface area contributed by atoms with Gasteiger partial charge in [0.15, 0.2) is 0 Å². The van der Waals surface area contributed by atoms with E-state index in [9.17, 15) is 9.59 Å². The molecule has 0 saturated carbocycles. The first-order valence-electron chi connectivity index (χ1n) is 8.84. The van der Waals surface area contributed by atoms with Crippen molar-refractivity contribution >= 4 is 23.4 Å². The largest absolute Gasteiger partial charge is 0.444 e. The van der Waals surface area contributed by atoms with Crippen LogP contribution in [0.5, 0.6) is 0 Å². The van der Waals surface area contributed by atoms with Crippen LogP contribution >= 0.6 is 0 Å². The summed E-state index contributed by atoms with van der Waals surface area (Å²) in [5.74, 6) is 0.0185. The van der Waals surface area contributed by atoms with Crippen molar-refractivity contribution in [2.24, 2.45) is 5.10 Å². The van der Waals surface area contributed by atoms with E-state index in [1.807, 2.05) is 58.0 Å². The van der Waals surface area contributed by atoms with E-state index >= 15 is 0 Å². The molecule has 0 aliphatic carbocycles. The van der Waals surface area contributed by atoms with Gasteiger partial charge in [0.2, 0.25) is 5.91 Å². The van der Waals surface area contributed by atoms with Crippen LogP contribution < -0.4 is 5.43 Å². The fourth-order valence-corrected chi connectivity index (χ4v) is 2.51. The van der Waals surface area contributed by atoms with Crippen molar-refractivity contribution in [1.82, 2.24) is 9.80 Å². The summed E-state index contributed by atoms with van der Waals surface area (Å²) >= 11 is 0. The third kappa shape index (κ3) is 6.38. The van der Waals surface area contributed by atoms with E-state index in [1.165, 1.54) is 0 Å². The minimum absolute atomic E-state index is 0.0185. The summed E-state index contributed by atoms with van der Waals surface area (Å²) in [6.07, 6.45) is -0.0684. The number of benzene rings is 1. The lowest BCUT2D eigenvalue weighted by Crippen LogP contribution is -2.51. The van der Waals surface area contributed by atoms with Gasteiger partial charge in [-0.05, 0) is 39.8 Å². The smallest absolute Gasteiger partial charge is 0.410 e. The lowest BCUT2D eigenvalue weighted by molar-refractivity contribution is -0.131. The highest BCUT2D eigenvalue weighted by atomic mass is 16.6. The fourth-order valence-electron chi connectivity index (χ4n) is 2.51. The van der Waals surface area contributed by atoms with Gasteiger partial charge in [0.1, 0.15) is 5.60 Å². The van der Waals surface area contributed by atoms with Crippen LogP contribution in [0.1, 0.15) is 34.1 Å². The van der Waals surface area contributed by atoms with Gasteiger partial charge in [0.25, 0.3) is 0 Å². The fraction of sp³-hybridized carbons (Fsp3) is 0.526. The number of nitrogens with one attached hydrogen (secondary N) is 1. The van der Waals surface area contributed by atoms with Crippen molar-refractivity contribution in [3.05, 3.63) is 30.3 Å². The summed E-state index contributed by atoms with van der Waals surface area (Å²) < 4.78 is 5.37. The highest BCUT2D eigenvalue weighted by Crippen LogP contribution is 2.12. The standard InChI is InChI=1S/C19H28N4O3/c1-15(20-21-16-8-6-5-7-9-16)14-17(24)22-10-12-23(13-11-22)18(25)26-19(2,3)4/h5-9,21H,10-14H2,1-4H3. The van der Waals surface area contributed by atoms with Crippen LogP contribution in [0, 0.1) is 0 Å². The Morgan fingerprint density at radius 3 is 2.23 bits per heavy atom. The first-order valence-corrected chi connectivity index (χ1v) is 8.84. The molecule has 0 unspecified atom stereocenters. The Hall–Kier alpha value is -2.57. The number of ether oxygens (including phenoxy) is 1. The van der Waals surface area contributed by atoms with E-state index < -0.39 is 5.60 Å². The van der Waals surface area contributed by atoms with Gasteiger partial charge in [-0.25, -0.2) is 4.79 Å². The molecular formula is C19H28N4O3. The number of para-hydroxylation sites is 1. The van der Waals surface area contributed by atoms with Crippen molar-refractivity contribution < 1.29 is 14.3 Å². The molecule has 7 nitrogen and oxygen atoms in total. The molecule has 1 saturated heterocycles. The summed E-state index contributed by atoms with van der Waals surface area (Å²) in [7, 11) is 0. The Morgan fingerprint density at radius 2 is 1.65 bits per heavy atom. The van der Waals surface area contributed by atoms with Crippen molar-refractivity contribution in [2.75, 3.05) is 31.6 Å². The number of hydrogen-bond donors (Lipinski definition) is 1. The van der Waals surface area contributed by atoms with Crippen LogP contribution in [0.3, 0.4) is 0 Å². The van der Waals surface area contributed by atoms with Crippen molar-refractivity contribution in [1.29, 1.82) is 0 Å². The lowest BCUT2D eigenvalue weighted by atomic mass is 10.2. The molecule has 1 aromatic carbocycles. The van der Waals surface area contributed by atoms with Gasteiger partial charge in [-0.1, -0.05) is 18.2 Å². The van der Waals surface area contributed by atoms with Gasteiger partial charge in [0.05, 0.1) is 12.1 Å². The quantitative estimate of drug-likeness (QED) is 0.662. The highest BCUT2D eigenvalue weighted by molar-refractivity contribution is 6.00. The molecule has 0 bridgehead atoms. The van der Waals surface area contributed by atoms with Gasteiger partial charge in [0, 0.05) is 31.9 Å². The average molecular weight is 360 g/mol. The zero-order valence-electron chi connectivity index (χ0n) is 16.0. The predicted octanol–water partition coefficient (Wildman–Crippen LogP) is 2.94. The van der Waals surface area contributed by atoms with E-state index in [0.29, 0.717) is 31.9 Å². The molecule has 1 heterocycles. The average Bonchev–Trinajstić information content (AvgIpc) is 2.59. The number of hydrogen-bond acceptors (Lipinski definition) is 5. The summed E-state index contributed by atoms with van der Waals surface area (Å²) in [6.45, 7) is 9.35. The number of carbonyl (C=O) groups excluding carboxylic acids is 2. The van der Waals surface area contributed by atoms with Crippen molar-refractivity contribution in [3.8, 4) is 0 Å². The third-order valence-electron chi connectivity index (χ3n) is 3.84. The summed E-state index contributed by atoms with van der Waals surface area (Å²) in [4.78, 5) is 27.9. The first kappa shape index (κ1) is 19.8. The van der Waals surface area contributed by atoms with Crippen LogP contribution in [-0.4, -0.2) is 59.3 Å². The molecule has 1 aromatic rings. The molecule has 7 heteroatoms. The molecule has 2 amide bonds.